The van der Waals surface area contributed by atoms with Crippen molar-refractivity contribution in [2.24, 2.45) is 0 Å². The molecule has 112 valence electrons. The summed E-state index contributed by atoms with van der Waals surface area (Å²) in [6.45, 7) is -0.729. The standard InChI is InChI=1S/C10H18O9/c1-18-7(5(13)3-11)8-6(14)4(12)2-10(17,19-8)9(15)16/h4-8,11-14,17H,2-3H2,1H3,(H,15,16)/t4-,5+,6+,7+,8+,10?/m0/s1. The molecule has 1 heterocycles. The van der Waals surface area contributed by atoms with Gasteiger partial charge in [0.25, 0.3) is 5.79 Å². The SMILES string of the molecule is CO[C@@H]([C@@H]1OC(O)(C(=O)O)C[C@H](O)[C@H]1O)[C@H](O)CO. The van der Waals surface area contributed by atoms with Gasteiger partial charge in [-0.15, -0.1) is 0 Å². The van der Waals surface area contributed by atoms with E-state index >= 15 is 0 Å². The number of hydrogen-bond acceptors (Lipinski definition) is 8. The molecule has 1 unspecified atom stereocenters. The van der Waals surface area contributed by atoms with Gasteiger partial charge in [-0.25, -0.2) is 4.79 Å². The number of carboxylic acids is 1. The lowest BCUT2D eigenvalue weighted by Crippen LogP contribution is -2.63. The molecule has 0 saturated carbocycles. The van der Waals surface area contributed by atoms with Gasteiger partial charge >= 0.3 is 5.97 Å². The van der Waals surface area contributed by atoms with Crippen LogP contribution < -0.4 is 0 Å². The van der Waals surface area contributed by atoms with Gasteiger partial charge in [0.15, 0.2) is 0 Å². The number of hydrogen-bond donors (Lipinski definition) is 6. The van der Waals surface area contributed by atoms with Crippen LogP contribution >= 0.6 is 0 Å². The summed E-state index contributed by atoms with van der Waals surface area (Å²) in [7, 11) is 1.14. The fourth-order valence-corrected chi connectivity index (χ4v) is 1.98. The van der Waals surface area contributed by atoms with E-state index in [2.05, 4.69) is 0 Å². The number of methoxy groups -OCH3 is 1. The highest BCUT2D eigenvalue weighted by Crippen LogP contribution is 2.31. The second-order valence-electron chi connectivity index (χ2n) is 4.38. The van der Waals surface area contributed by atoms with E-state index < -0.39 is 55.3 Å². The Bertz CT molecular complexity index is 322. The van der Waals surface area contributed by atoms with Gasteiger partial charge in [0.2, 0.25) is 0 Å². The Kier molecular flexibility index (Phi) is 5.21. The summed E-state index contributed by atoms with van der Waals surface area (Å²) in [5.41, 5.74) is 0. The Balaban J connectivity index is 2.99. The number of rotatable bonds is 5. The molecule has 9 nitrogen and oxygen atoms in total. The van der Waals surface area contributed by atoms with Crippen LogP contribution in [0.3, 0.4) is 0 Å². The first kappa shape index (κ1) is 16.2. The molecule has 0 aromatic heterocycles. The first-order valence-corrected chi connectivity index (χ1v) is 5.58. The fourth-order valence-electron chi connectivity index (χ4n) is 1.98. The first-order chi connectivity index (χ1) is 8.76. The van der Waals surface area contributed by atoms with Gasteiger partial charge in [-0.05, 0) is 0 Å². The summed E-state index contributed by atoms with van der Waals surface area (Å²) in [6.07, 6.45) is -8.20. The Morgan fingerprint density at radius 2 is 2.11 bits per heavy atom. The third kappa shape index (κ3) is 3.20. The summed E-state index contributed by atoms with van der Waals surface area (Å²) < 4.78 is 9.67. The molecule has 0 bridgehead atoms. The van der Waals surface area contributed by atoms with Crippen molar-refractivity contribution in [1.29, 1.82) is 0 Å². The van der Waals surface area contributed by atoms with Gasteiger partial charge in [-0.2, -0.15) is 0 Å². The van der Waals surface area contributed by atoms with E-state index in [-0.39, 0.29) is 0 Å². The van der Waals surface area contributed by atoms with E-state index in [1.165, 1.54) is 0 Å². The maximum absolute atomic E-state index is 10.9. The first-order valence-electron chi connectivity index (χ1n) is 5.58. The molecule has 1 aliphatic heterocycles. The van der Waals surface area contributed by atoms with Gasteiger partial charge in [0.05, 0.1) is 12.7 Å². The maximum atomic E-state index is 10.9. The lowest BCUT2D eigenvalue weighted by molar-refractivity contribution is -0.314. The monoisotopic (exact) mass is 282 g/mol. The molecule has 0 radical (unpaired) electrons. The summed E-state index contributed by atoms with van der Waals surface area (Å²) in [6, 6.07) is 0. The normalized spacial score (nSPS) is 38.7. The molecule has 1 aliphatic rings. The van der Waals surface area contributed by atoms with Gasteiger partial charge in [0, 0.05) is 13.5 Å². The average Bonchev–Trinajstić information content (AvgIpc) is 2.35. The predicted molar refractivity (Wildman–Crippen MR) is 58.0 cm³/mol. The third-order valence-electron chi connectivity index (χ3n) is 3.04. The molecule has 19 heavy (non-hydrogen) atoms. The van der Waals surface area contributed by atoms with Crippen LogP contribution in [0.15, 0.2) is 0 Å². The molecule has 1 fully saturated rings. The minimum atomic E-state index is -2.70. The molecule has 0 aliphatic carbocycles. The zero-order valence-corrected chi connectivity index (χ0v) is 10.2. The van der Waals surface area contributed by atoms with Crippen molar-refractivity contribution in [1.82, 2.24) is 0 Å². The van der Waals surface area contributed by atoms with Crippen LogP contribution in [0.5, 0.6) is 0 Å². The smallest absolute Gasteiger partial charge is 0.364 e. The number of carboxylic acid groups (broad SMARTS) is 1. The van der Waals surface area contributed by atoms with E-state index in [0.717, 1.165) is 7.11 Å². The van der Waals surface area contributed by atoms with Crippen LogP contribution in [0.4, 0.5) is 0 Å². The lowest BCUT2D eigenvalue weighted by atomic mass is 9.91. The molecule has 0 spiro atoms. The Hall–Kier alpha value is -0.810. The summed E-state index contributed by atoms with van der Waals surface area (Å²) in [5, 5.41) is 56.2. The maximum Gasteiger partial charge on any atom is 0.364 e. The minimum absolute atomic E-state index is 0.729. The molecule has 0 aromatic rings. The van der Waals surface area contributed by atoms with E-state index in [0.29, 0.717) is 0 Å². The van der Waals surface area contributed by atoms with Crippen molar-refractivity contribution in [2.75, 3.05) is 13.7 Å². The van der Waals surface area contributed by atoms with Crippen LogP contribution in [-0.4, -0.2) is 86.6 Å². The number of aliphatic hydroxyl groups is 5. The number of carbonyl (C=O) groups is 1. The van der Waals surface area contributed by atoms with Crippen LogP contribution in [0.1, 0.15) is 6.42 Å². The molecular weight excluding hydrogens is 264 g/mol. The molecule has 9 heteroatoms. The van der Waals surface area contributed by atoms with Crippen LogP contribution in [0.2, 0.25) is 0 Å². The average molecular weight is 282 g/mol. The van der Waals surface area contributed by atoms with Crippen LogP contribution in [-0.2, 0) is 14.3 Å². The quantitative estimate of drug-likeness (QED) is 0.303. The minimum Gasteiger partial charge on any atom is -0.477 e. The van der Waals surface area contributed by atoms with Crippen molar-refractivity contribution in [3.8, 4) is 0 Å². The van der Waals surface area contributed by atoms with Crippen molar-refractivity contribution < 1.29 is 44.9 Å². The van der Waals surface area contributed by atoms with Gasteiger partial charge in [-0.1, -0.05) is 0 Å². The van der Waals surface area contributed by atoms with E-state index in [9.17, 15) is 25.2 Å². The Morgan fingerprint density at radius 3 is 2.53 bits per heavy atom. The second kappa shape index (κ2) is 6.09. The Labute approximate surface area is 108 Å². The number of aliphatic hydroxyl groups excluding tert-OH is 4. The van der Waals surface area contributed by atoms with Gasteiger partial charge < -0.3 is 40.1 Å². The van der Waals surface area contributed by atoms with Crippen molar-refractivity contribution in [3.05, 3.63) is 0 Å². The van der Waals surface area contributed by atoms with Crippen molar-refractivity contribution in [2.45, 2.75) is 42.7 Å². The lowest BCUT2D eigenvalue weighted by Gasteiger charge is -2.43. The van der Waals surface area contributed by atoms with E-state index in [1.807, 2.05) is 0 Å². The number of aliphatic carboxylic acids is 1. The Morgan fingerprint density at radius 1 is 1.53 bits per heavy atom. The second-order valence-corrected chi connectivity index (χ2v) is 4.38. The molecular formula is C10H18O9. The largest absolute Gasteiger partial charge is 0.477 e. The molecule has 6 atom stereocenters. The van der Waals surface area contributed by atoms with Gasteiger partial charge in [0.1, 0.15) is 24.4 Å². The summed E-state index contributed by atoms with van der Waals surface area (Å²) in [5.74, 6) is -4.44. The predicted octanol–water partition coefficient (Wildman–Crippen LogP) is -3.36. The van der Waals surface area contributed by atoms with Crippen LogP contribution in [0, 0.1) is 0 Å². The topological polar surface area (TPSA) is 157 Å². The molecule has 1 saturated heterocycles. The molecule has 0 aromatic carbocycles. The highest BCUT2D eigenvalue weighted by atomic mass is 16.7. The van der Waals surface area contributed by atoms with E-state index in [1.54, 1.807) is 0 Å². The molecule has 0 amide bonds. The van der Waals surface area contributed by atoms with Crippen molar-refractivity contribution >= 4 is 5.97 Å². The summed E-state index contributed by atoms with van der Waals surface area (Å²) in [4.78, 5) is 10.9. The molecule has 1 rings (SSSR count). The van der Waals surface area contributed by atoms with Crippen LogP contribution in [0.25, 0.3) is 0 Å². The number of ether oxygens (including phenoxy) is 2. The zero-order chi connectivity index (χ0) is 14.8. The summed E-state index contributed by atoms with van der Waals surface area (Å²) >= 11 is 0. The zero-order valence-electron chi connectivity index (χ0n) is 10.2. The fraction of sp³-hybridized carbons (Fsp3) is 0.900. The third-order valence-corrected chi connectivity index (χ3v) is 3.04. The van der Waals surface area contributed by atoms with Crippen molar-refractivity contribution in [3.63, 3.8) is 0 Å². The molecule has 6 N–H and O–H groups in total. The highest BCUT2D eigenvalue weighted by Gasteiger charge is 2.53. The van der Waals surface area contributed by atoms with E-state index in [4.69, 9.17) is 19.7 Å². The van der Waals surface area contributed by atoms with Gasteiger partial charge in [-0.3, -0.25) is 0 Å². The highest BCUT2D eigenvalue weighted by molar-refractivity contribution is 5.75.